The predicted octanol–water partition coefficient (Wildman–Crippen LogP) is 2.28. The van der Waals surface area contributed by atoms with Crippen molar-refractivity contribution in [2.45, 2.75) is 56.1 Å². The van der Waals surface area contributed by atoms with E-state index in [2.05, 4.69) is 27.6 Å². The molecule has 0 saturated heterocycles. The fourth-order valence-corrected chi connectivity index (χ4v) is 2.61. The normalized spacial score (nSPS) is 15.3. The van der Waals surface area contributed by atoms with Crippen LogP contribution in [0.3, 0.4) is 0 Å². The third kappa shape index (κ3) is 10.8. The molecule has 0 aromatic rings. The average molecular weight is 408 g/mol. The maximum atomic E-state index is 11.9. The molecule has 7 heteroatoms. The van der Waals surface area contributed by atoms with Crippen molar-refractivity contribution in [3.8, 4) is 0 Å². The first kappa shape index (κ1) is 23.1. The van der Waals surface area contributed by atoms with Gasteiger partial charge < -0.3 is 14.6 Å². The third-order valence-electron chi connectivity index (χ3n) is 3.36. The Bertz CT molecular complexity index is 400. The molecule has 0 aliphatic rings. The minimum atomic E-state index is -0.887. The Morgan fingerprint density at radius 2 is 1.92 bits per heavy atom. The van der Waals surface area contributed by atoms with Crippen molar-refractivity contribution in [2.75, 3.05) is 27.7 Å². The van der Waals surface area contributed by atoms with E-state index in [1.54, 1.807) is 31.1 Å². The zero-order valence-corrected chi connectivity index (χ0v) is 16.6. The zero-order chi connectivity index (χ0) is 18.5. The van der Waals surface area contributed by atoms with E-state index in [0.29, 0.717) is 6.42 Å². The van der Waals surface area contributed by atoms with E-state index in [9.17, 15) is 14.7 Å². The summed E-state index contributed by atoms with van der Waals surface area (Å²) >= 11 is 3.38. The SMILES string of the molecule is CCCCCC(OC(=O)CN(C)C)C(O)C(Br)C=CCC(=O)OC. The molecule has 0 fully saturated rings. The van der Waals surface area contributed by atoms with Crippen LogP contribution < -0.4 is 0 Å². The topological polar surface area (TPSA) is 76.1 Å². The van der Waals surface area contributed by atoms with Gasteiger partial charge >= 0.3 is 11.9 Å². The van der Waals surface area contributed by atoms with Crippen molar-refractivity contribution in [2.24, 2.45) is 0 Å². The molecule has 0 amide bonds. The van der Waals surface area contributed by atoms with Crippen LogP contribution in [0.4, 0.5) is 0 Å². The number of esters is 2. The van der Waals surface area contributed by atoms with Crippen LogP contribution in [-0.2, 0) is 19.1 Å². The quantitative estimate of drug-likeness (QED) is 0.231. The predicted molar refractivity (Wildman–Crippen MR) is 97.1 cm³/mol. The number of carbonyl (C=O) groups is 2. The monoisotopic (exact) mass is 407 g/mol. The van der Waals surface area contributed by atoms with Gasteiger partial charge in [0.1, 0.15) is 12.2 Å². The summed E-state index contributed by atoms with van der Waals surface area (Å²) in [5.41, 5.74) is 0. The standard InChI is InChI=1S/C17H30BrNO5/c1-5-6-7-10-14(24-16(21)12-19(2)3)17(22)13(18)9-8-11-15(20)23-4/h8-9,13-14,17,22H,5-7,10-12H2,1-4H3. The molecule has 0 heterocycles. The van der Waals surface area contributed by atoms with Crippen LogP contribution in [0.25, 0.3) is 0 Å². The number of nitrogens with zero attached hydrogens (tertiary/aromatic N) is 1. The summed E-state index contributed by atoms with van der Waals surface area (Å²) in [7, 11) is 4.89. The molecule has 0 aromatic carbocycles. The van der Waals surface area contributed by atoms with Crippen LogP contribution in [-0.4, -0.2) is 66.7 Å². The largest absolute Gasteiger partial charge is 0.469 e. The highest BCUT2D eigenvalue weighted by molar-refractivity contribution is 9.09. The van der Waals surface area contributed by atoms with Crippen LogP contribution >= 0.6 is 15.9 Å². The number of methoxy groups -OCH3 is 1. The van der Waals surface area contributed by atoms with Crippen LogP contribution in [0, 0.1) is 0 Å². The highest BCUT2D eigenvalue weighted by Gasteiger charge is 2.27. The molecule has 0 bridgehead atoms. The lowest BCUT2D eigenvalue weighted by Gasteiger charge is -2.26. The number of likely N-dealkylation sites (N-methyl/N-ethyl adjacent to an activating group) is 1. The molecular formula is C17H30BrNO5. The maximum Gasteiger partial charge on any atom is 0.320 e. The molecule has 0 aliphatic carbocycles. The highest BCUT2D eigenvalue weighted by Crippen LogP contribution is 2.19. The van der Waals surface area contributed by atoms with Crippen LogP contribution in [0.2, 0.25) is 0 Å². The Balaban J connectivity index is 4.71. The number of hydrogen-bond donors (Lipinski definition) is 1. The number of aliphatic hydroxyl groups is 1. The molecule has 24 heavy (non-hydrogen) atoms. The van der Waals surface area contributed by atoms with Crippen molar-refractivity contribution in [3.63, 3.8) is 0 Å². The Hall–Kier alpha value is -0.920. The molecule has 0 spiro atoms. The summed E-state index contributed by atoms with van der Waals surface area (Å²) in [5, 5.41) is 10.5. The summed E-state index contributed by atoms with van der Waals surface area (Å²) in [6.07, 6.45) is 5.49. The van der Waals surface area contributed by atoms with Crippen LogP contribution in [0.1, 0.15) is 39.0 Å². The number of rotatable bonds is 12. The van der Waals surface area contributed by atoms with Gasteiger partial charge in [-0.15, -0.1) is 0 Å². The van der Waals surface area contributed by atoms with Gasteiger partial charge in [-0.1, -0.05) is 47.8 Å². The first-order chi connectivity index (χ1) is 11.3. The van der Waals surface area contributed by atoms with Gasteiger partial charge in [0.15, 0.2) is 0 Å². The first-order valence-corrected chi connectivity index (χ1v) is 9.13. The number of unbranched alkanes of at least 4 members (excludes halogenated alkanes) is 2. The fraction of sp³-hybridized carbons (Fsp3) is 0.765. The maximum absolute atomic E-state index is 11.9. The van der Waals surface area contributed by atoms with E-state index in [-0.39, 0.29) is 24.9 Å². The van der Waals surface area contributed by atoms with Crippen LogP contribution in [0.5, 0.6) is 0 Å². The molecule has 0 saturated carbocycles. The molecule has 0 aliphatic heterocycles. The van der Waals surface area contributed by atoms with Gasteiger partial charge in [-0.05, 0) is 26.9 Å². The van der Waals surface area contributed by atoms with E-state index in [0.717, 1.165) is 19.3 Å². The lowest BCUT2D eigenvalue weighted by atomic mass is 10.0. The van der Waals surface area contributed by atoms with Crippen molar-refractivity contribution in [1.29, 1.82) is 0 Å². The van der Waals surface area contributed by atoms with Gasteiger partial charge in [-0.3, -0.25) is 14.5 Å². The lowest BCUT2D eigenvalue weighted by molar-refractivity contribution is -0.156. The van der Waals surface area contributed by atoms with E-state index in [1.807, 2.05) is 0 Å². The minimum absolute atomic E-state index is 0.131. The minimum Gasteiger partial charge on any atom is -0.469 e. The molecule has 3 unspecified atom stereocenters. The molecule has 140 valence electrons. The van der Waals surface area contributed by atoms with Gasteiger partial charge in [-0.25, -0.2) is 0 Å². The second-order valence-corrected chi connectivity index (χ2v) is 6.96. The van der Waals surface area contributed by atoms with Gasteiger partial charge in [0.25, 0.3) is 0 Å². The highest BCUT2D eigenvalue weighted by atomic mass is 79.9. The number of hydrogen-bond acceptors (Lipinski definition) is 6. The van der Waals surface area contributed by atoms with Crippen molar-refractivity contribution in [3.05, 3.63) is 12.2 Å². The Morgan fingerprint density at radius 1 is 1.25 bits per heavy atom. The van der Waals surface area contributed by atoms with Crippen LogP contribution in [0.15, 0.2) is 12.2 Å². The summed E-state index contributed by atoms with van der Waals surface area (Å²) in [6, 6.07) is 0. The zero-order valence-electron chi connectivity index (χ0n) is 15.0. The first-order valence-electron chi connectivity index (χ1n) is 8.21. The van der Waals surface area contributed by atoms with E-state index in [1.165, 1.54) is 7.11 Å². The molecule has 1 N–H and O–H groups in total. The van der Waals surface area contributed by atoms with E-state index >= 15 is 0 Å². The number of ether oxygens (including phenoxy) is 2. The Kier molecular flexibility index (Phi) is 12.9. The van der Waals surface area contributed by atoms with Crippen molar-refractivity contribution in [1.82, 2.24) is 4.90 Å². The summed E-state index contributed by atoms with van der Waals surface area (Å²) in [4.78, 5) is 24.3. The van der Waals surface area contributed by atoms with Gasteiger partial charge in [0.2, 0.25) is 0 Å². The molecule has 0 aromatic heterocycles. The third-order valence-corrected chi connectivity index (χ3v) is 4.21. The summed E-state index contributed by atoms with van der Waals surface area (Å²) in [6.45, 7) is 2.26. The van der Waals surface area contributed by atoms with Crippen molar-refractivity contribution < 1.29 is 24.2 Å². The van der Waals surface area contributed by atoms with Gasteiger partial charge in [0.05, 0.1) is 24.9 Å². The second kappa shape index (κ2) is 13.4. The molecule has 6 nitrogen and oxygen atoms in total. The second-order valence-electron chi connectivity index (χ2n) is 5.91. The smallest absolute Gasteiger partial charge is 0.320 e. The van der Waals surface area contributed by atoms with E-state index < -0.39 is 17.0 Å². The van der Waals surface area contributed by atoms with Gasteiger partial charge in [0, 0.05) is 0 Å². The Labute approximate surface area is 153 Å². The number of carbonyl (C=O) groups excluding carboxylic acids is 2. The number of halogens is 1. The molecule has 3 atom stereocenters. The average Bonchev–Trinajstić information content (AvgIpc) is 2.52. The molecule has 0 radical (unpaired) electrons. The molecular weight excluding hydrogens is 378 g/mol. The number of aliphatic hydroxyl groups excluding tert-OH is 1. The number of alkyl halides is 1. The summed E-state index contributed by atoms with van der Waals surface area (Å²) in [5.74, 6) is -0.712. The fourth-order valence-electron chi connectivity index (χ4n) is 2.06. The molecule has 0 rings (SSSR count). The summed E-state index contributed by atoms with van der Waals surface area (Å²) < 4.78 is 10.0. The Morgan fingerprint density at radius 3 is 2.46 bits per heavy atom. The van der Waals surface area contributed by atoms with Crippen molar-refractivity contribution >= 4 is 27.9 Å². The van der Waals surface area contributed by atoms with Gasteiger partial charge in [-0.2, -0.15) is 0 Å². The lowest BCUT2D eigenvalue weighted by Crippen LogP contribution is -2.39. The van der Waals surface area contributed by atoms with E-state index in [4.69, 9.17) is 4.74 Å².